The van der Waals surface area contributed by atoms with E-state index in [1.165, 1.54) is 0 Å². The van der Waals surface area contributed by atoms with Crippen molar-refractivity contribution in [1.29, 1.82) is 0 Å². The highest BCUT2D eigenvalue weighted by molar-refractivity contribution is 5.66. The number of ether oxygens (including phenoxy) is 1. The van der Waals surface area contributed by atoms with E-state index < -0.39 is 5.97 Å². The SMILES string of the molecule is CCOC(C)(C)CNCCCCCC(=O)O. The van der Waals surface area contributed by atoms with E-state index in [0.29, 0.717) is 0 Å². The number of nitrogens with one attached hydrogen (secondary N) is 1. The van der Waals surface area contributed by atoms with E-state index in [9.17, 15) is 4.79 Å². The first-order chi connectivity index (χ1) is 7.48. The van der Waals surface area contributed by atoms with Gasteiger partial charge in [0.25, 0.3) is 0 Å². The molecule has 0 aliphatic carbocycles. The molecule has 0 spiro atoms. The lowest BCUT2D eigenvalue weighted by Gasteiger charge is -2.24. The van der Waals surface area contributed by atoms with Gasteiger partial charge in [-0.25, -0.2) is 0 Å². The molecule has 0 unspecified atom stereocenters. The van der Waals surface area contributed by atoms with E-state index in [1.54, 1.807) is 0 Å². The first-order valence-electron chi connectivity index (χ1n) is 6.04. The van der Waals surface area contributed by atoms with E-state index in [4.69, 9.17) is 9.84 Å². The van der Waals surface area contributed by atoms with Gasteiger partial charge in [0.05, 0.1) is 5.60 Å². The van der Waals surface area contributed by atoms with Crippen molar-refractivity contribution in [3.63, 3.8) is 0 Å². The van der Waals surface area contributed by atoms with Gasteiger partial charge in [0.2, 0.25) is 0 Å². The largest absolute Gasteiger partial charge is 0.481 e. The second-order valence-corrected chi connectivity index (χ2v) is 4.57. The highest BCUT2D eigenvalue weighted by Gasteiger charge is 2.16. The van der Waals surface area contributed by atoms with Crippen LogP contribution in [0, 0.1) is 0 Å². The number of aliphatic carboxylic acids is 1. The Labute approximate surface area is 98.4 Å². The Morgan fingerprint density at radius 1 is 1.31 bits per heavy atom. The summed E-state index contributed by atoms with van der Waals surface area (Å²) in [6.07, 6.45) is 3.04. The van der Waals surface area contributed by atoms with Crippen LogP contribution in [-0.4, -0.2) is 36.4 Å². The number of hydrogen-bond donors (Lipinski definition) is 2. The van der Waals surface area contributed by atoms with E-state index in [1.807, 2.05) is 6.92 Å². The van der Waals surface area contributed by atoms with Crippen molar-refractivity contribution in [3.05, 3.63) is 0 Å². The molecule has 0 amide bonds. The number of carbonyl (C=O) groups is 1. The predicted octanol–water partition coefficient (Wildman–Crippen LogP) is 2.04. The topological polar surface area (TPSA) is 58.6 Å². The molecule has 0 aliphatic rings. The quantitative estimate of drug-likeness (QED) is 0.565. The van der Waals surface area contributed by atoms with Crippen LogP contribution in [0.25, 0.3) is 0 Å². The molecule has 4 nitrogen and oxygen atoms in total. The summed E-state index contributed by atoms with van der Waals surface area (Å²) >= 11 is 0. The molecule has 0 bridgehead atoms. The first-order valence-corrected chi connectivity index (χ1v) is 6.04. The molecule has 0 aromatic carbocycles. The van der Waals surface area contributed by atoms with Crippen molar-refractivity contribution in [2.75, 3.05) is 19.7 Å². The minimum absolute atomic E-state index is 0.115. The monoisotopic (exact) mass is 231 g/mol. The Bertz CT molecular complexity index is 193. The smallest absolute Gasteiger partial charge is 0.303 e. The van der Waals surface area contributed by atoms with Crippen LogP contribution in [0.5, 0.6) is 0 Å². The van der Waals surface area contributed by atoms with Gasteiger partial charge in [0.1, 0.15) is 0 Å². The molecule has 16 heavy (non-hydrogen) atoms. The van der Waals surface area contributed by atoms with Crippen LogP contribution in [0.15, 0.2) is 0 Å². The van der Waals surface area contributed by atoms with Crippen molar-refractivity contribution in [2.24, 2.45) is 0 Å². The summed E-state index contributed by atoms with van der Waals surface area (Å²) in [5, 5.41) is 11.8. The summed E-state index contributed by atoms with van der Waals surface area (Å²) in [5.74, 6) is -0.703. The lowest BCUT2D eigenvalue weighted by molar-refractivity contribution is -0.137. The second-order valence-electron chi connectivity index (χ2n) is 4.57. The molecule has 0 fully saturated rings. The normalized spacial score (nSPS) is 11.7. The standard InChI is InChI=1S/C12H25NO3/c1-4-16-12(2,3)10-13-9-7-5-6-8-11(14)15/h13H,4-10H2,1-3H3,(H,14,15). The van der Waals surface area contributed by atoms with Crippen LogP contribution in [0.2, 0.25) is 0 Å². The second kappa shape index (κ2) is 8.53. The fraction of sp³-hybridized carbons (Fsp3) is 0.917. The van der Waals surface area contributed by atoms with Crippen LogP contribution in [0.4, 0.5) is 0 Å². The third-order valence-electron chi connectivity index (χ3n) is 2.33. The zero-order chi connectivity index (χ0) is 12.4. The molecular formula is C12H25NO3. The van der Waals surface area contributed by atoms with E-state index in [2.05, 4.69) is 19.2 Å². The number of unbranched alkanes of at least 4 members (excludes halogenated alkanes) is 2. The molecule has 2 N–H and O–H groups in total. The Morgan fingerprint density at radius 3 is 2.56 bits per heavy atom. The summed E-state index contributed by atoms with van der Waals surface area (Å²) in [7, 11) is 0. The molecule has 0 atom stereocenters. The van der Waals surface area contributed by atoms with Crippen molar-refractivity contribution in [3.8, 4) is 0 Å². The van der Waals surface area contributed by atoms with E-state index >= 15 is 0 Å². The molecule has 0 radical (unpaired) electrons. The Balaban J connectivity index is 3.29. The summed E-state index contributed by atoms with van der Waals surface area (Å²) in [6, 6.07) is 0. The fourth-order valence-electron chi connectivity index (χ4n) is 1.53. The Hall–Kier alpha value is -0.610. The van der Waals surface area contributed by atoms with Crippen LogP contribution < -0.4 is 5.32 Å². The van der Waals surface area contributed by atoms with Gasteiger partial charge in [-0.15, -0.1) is 0 Å². The van der Waals surface area contributed by atoms with Gasteiger partial charge in [0.15, 0.2) is 0 Å². The first kappa shape index (κ1) is 15.4. The minimum Gasteiger partial charge on any atom is -0.481 e. The highest BCUT2D eigenvalue weighted by atomic mass is 16.5. The van der Waals surface area contributed by atoms with Crippen molar-refractivity contribution in [1.82, 2.24) is 5.32 Å². The Morgan fingerprint density at radius 2 is 2.00 bits per heavy atom. The van der Waals surface area contributed by atoms with Crippen molar-refractivity contribution < 1.29 is 14.6 Å². The van der Waals surface area contributed by atoms with Gasteiger partial charge in [-0.1, -0.05) is 6.42 Å². The Kier molecular flexibility index (Phi) is 8.21. The summed E-state index contributed by atoms with van der Waals surface area (Å²) in [6.45, 7) is 8.61. The zero-order valence-electron chi connectivity index (χ0n) is 10.7. The molecule has 0 heterocycles. The van der Waals surface area contributed by atoms with Gasteiger partial charge in [-0.2, -0.15) is 0 Å². The molecule has 0 rings (SSSR count). The van der Waals surface area contributed by atoms with Gasteiger partial charge >= 0.3 is 5.97 Å². The highest BCUT2D eigenvalue weighted by Crippen LogP contribution is 2.06. The zero-order valence-corrected chi connectivity index (χ0v) is 10.7. The van der Waals surface area contributed by atoms with Crippen molar-refractivity contribution in [2.45, 2.75) is 52.1 Å². The van der Waals surface area contributed by atoms with Crippen molar-refractivity contribution >= 4 is 5.97 Å². The van der Waals surface area contributed by atoms with Gasteiger partial charge in [0, 0.05) is 19.6 Å². The maximum Gasteiger partial charge on any atom is 0.303 e. The van der Waals surface area contributed by atoms with Crippen LogP contribution in [0.3, 0.4) is 0 Å². The predicted molar refractivity (Wildman–Crippen MR) is 64.7 cm³/mol. The van der Waals surface area contributed by atoms with Crippen LogP contribution in [0.1, 0.15) is 46.5 Å². The van der Waals surface area contributed by atoms with Crippen LogP contribution in [-0.2, 0) is 9.53 Å². The van der Waals surface area contributed by atoms with Gasteiger partial charge in [-0.05, 0) is 40.2 Å². The third kappa shape index (κ3) is 9.93. The molecular weight excluding hydrogens is 206 g/mol. The van der Waals surface area contributed by atoms with Gasteiger partial charge in [-0.3, -0.25) is 4.79 Å². The van der Waals surface area contributed by atoms with E-state index in [-0.39, 0.29) is 12.0 Å². The number of hydrogen-bond acceptors (Lipinski definition) is 3. The third-order valence-corrected chi connectivity index (χ3v) is 2.33. The molecule has 0 aliphatic heterocycles. The molecule has 0 saturated carbocycles. The summed E-state index contributed by atoms with van der Waals surface area (Å²) < 4.78 is 5.55. The number of carboxylic acid groups (broad SMARTS) is 1. The molecule has 0 aromatic rings. The number of carboxylic acids is 1. The lowest BCUT2D eigenvalue weighted by Crippen LogP contribution is -2.38. The fourth-order valence-corrected chi connectivity index (χ4v) is 1.53. The molecule has 4 heteroatoms. The minimum atomic E-state index is -0.703. The average molecular weight is 231 g/mol. The van der Waals surface area contributed by atoms with E-state index in [0.717, 1.165) is 39.0 Å². The maximum atomic E-state index is 10.3. The lowest BCUT2D eigenvalue weighted by atomic mass is 10.1. The molecule has 96 valence electrons. The number of rotatable bonds is 10. The summed E-state index contributed by atoms with van der Waals surface area (Å²) in [5.41, 5.74) is -0.115. The maximum absolute atomic E-state index is 10.3. The molecule has 0 aromatic heterocycles. The van der Waals surface area contributed by atoms with Gasteiger partial charge < -0.3 is 15.2 Å². The summed E-state index contributed by atoms with van der Waals surface area (Å²) in [4.78, 5) is 10.3. The average Bonchev–Trinajstić information content (AvgIpc) is 2.15. The molecule has 0 saturated heterocycles. The van der Waals surface area contributed by atoms with Crippen LogP contribution >= 0.6 is 0 Å².